The van der Waals surface area contributed by atoms with Crippen LogP contribution >= 0.6 is 11.6 Å². The summed E-state index contributed by atoms with van der Waals surface area (Å²) in [5.74, 6) is 0.986. The molecule has 0 amide bonds. The summed E-state index contributed by atoms with van der Waals surface area (Å²) < 4.78 is 0. The maximum Gasteiger partial charge on any atom is 0.177 e. The molecule has 0 bridgehead atoms. The lowest BCUT2D eigenvalue weighted by atomic mass is 9.90. The third-order valence-electron chi connectivity index (χ3n) is 4.83. The van der Waals surface area contributed by atoms with Crippen molar-refractivity contribution in [2.45, 2.75) is 18.4 Å². The largest absolute Gasteiger partial charge is 0.394 e. The first-order valence-electron chi connectivity index (χ1n) is 8.27. The standard InChI is InChI=1S/C16H19ClN8O/c17-11-9(1-4-20-14(11)18)12-13-15(24-23-12)22-10(7-21-13)25-5-2-16(19,8-26)3-6-25/h1,4,7,26H,2-3,5-6,8,19H2,(H2,18,20)(H,22,23,24). The molecule has 4 heterocycles. The molecule has 0 saturated carbocycles. The number of fused-ring (bicyclic) bond motifs is 1. The van der Waals surface area contributed by atoms with Gasteiger partial charge in [0.05, 0.1) is 17.8 Å². The molecule has 9 nitrogen and oxygen atoms in total. The highest BCUT2D eigenvalue weighted by molar-refractivity contribution is 6.35. The van der Waals surface area contributed by atoms with Crippen molar-refractivity contribution in [3.05, 3.63) is 23.5 Å². The average molecular weight is 375 g/mol. The van der Waals surface area contributed by atoms with Crippen LogP contribution in [0.25, 0.3) is 22.4 Å². The molecule has 6 N–H and O–H groups in total. The number of halogens is 1. The fraction of sp³-hybridized carbons (Fsp3) is 0.375. The molecule has 0 aromatic carbocycles. The van der Waals surface area contributed by atoms with Crippen molar-refractivity contribution in [1.29, 1.82) is 0 Å². The molecule has 10 heteroatoms. The van der Waals surface area contributed by atoms with Crippen LogP contribution in [0.4, 0.5) is 11.6 Å². The van der Waals surface area contributed by atoms with Crippen LogP contribution in [0, 0.1) is 0 Å². The van der Waals surface area contributed by atoms with Crippen LogP contribution < -0.4 is 16.4 Å². The lowest BCUT2D eigenvalue weighted by Crippen LogP contribution is -2.53. The van der Waals surface area contributed by atoms with E-state index in [2.05, 4.69) is 30.0 Å². The van der Waals surface area contributed by atoms with Crippen molar-refractivity contribution in [2.24, 2.45) is 5.73 Å². The maximum absolute atomic E-state index is 9.39. The van der Waals surface area contributed by atoms with Gasteiger partial charge < -0.3 is 21.5 Å². The van der Waals surface area contributed by atoms with E-state index >= 15 is 0 Å². The van der Waals surface area contributed by atoms with E-state index in [0.29, 0.717) is 53.4 Å². The number of hydrogen-bond donors (Lipinski definition) is 4. The number of hydrogen-bond acceptors (Lipinski definition) is 8. The Balaban J connectivity index is 1.65. The zero-order valence-corrected chi connectivity index (χ0v) is 14.7. The minimum atomic E-state index is -0.507. The summed E-state index contributed by atoms with van der Waals surface area (Å²) in [7, 11) is 0. The van der Waals surface area contributed by atoms with Crippen molar-refractivity contribution in [3.8, 4) is 11.3 Å². The van der Waals surface area contributed by atoms with E-state index in [1.807, 2.05) is 0 Å². The molecule has 0 spiro atoms. The van der Waals surface area contributed by atoms with Crippen LogP contribution in [0.3, 0.4) is 0 Å². The second kappa shape index (κ2) is 6.35. The summed E-state index contributed by atoms with van der Waals surface area (Å²) in [6.07, 6.45) is 4.68. The summed E-state index contributed by atoms with van der Waals surface area (Å²) in [5, 5.41) is 16.9. The summed E-state index contributed by atoms with van der Waals surface area (Å²) in [6.45, 7) is 1.42. The summed E-state index contributed by atoms with van der Waals surface area (Å²) in [5.41, 5.74) is 13.8. The number of nitrogens with zero attached hydrogens (tertiary/aromatic N) is 5. The van der Waals surface area contributed by atoms with E-state index in [-0.39, 0.29) is 12.4 Å². The van der Waals surface area contributed by atoms with E-state index < -0.39 is 5.54 Å². The fourth-order valence-corrected chi connectivity index (χ4v) is 3.32. The van der Waals surface area contributed by atoms with E-state index in [4.69, 9.17) is 23.1 Å². The average Bonchev–Trinajstić information content (AvgIpc) is 3.07. The van der Waals surface area contributed by atoms with Gasteiger partial charge in [-0.3, -0.25) is 5.10 Å². The van der Waals surface area contributed by atoms with Gasteiger partial charge in [0.15, 0.2) is 5.65 Å². The number of nitrogens with one attached hydrogen (secondary N) is 1. The molecule has 0 aliphatic carbocycles. The number of aliphatic hydroxyl groups excluding tert-OH is 1. The van der Waals surface area contributed by atoms with Gasteiger partial charge >= 0.3 is 0 Å². The Hall–Kier alpha value is -2.49. The molecule has 0 atom stereocenters. The van der Waals surface area contributed by atoms with E-state index in [1.54, 1.807) is 18.5 Å². The number of rotatable bonds is 3. The first-order valence-corrected chi connectivity index (χ1v) is 8.65. The predicted molar refractivity (Wildman–Crippen MR) is 99.8 cm³/mol. The number of aromatic nitrogens is 5. The molecule has 0 unspecified atom stereocenters. The van der Waals surface area contributed by atoms with Gasteiger partial charge in [-0.2, -0.15) is 5.10 Å². The highest BCUT2D eigenvalue weighted by Gasteiger charge is 2.30. The Bertz CT molecular complexity index is 951. The van der Waals surface area contributed by atoms with Gasteiger partial charge in [0.2, 0.25) is 0 Å². The van der Waals surface area contributed by atoms with Gasteiger partial charge in [-0.05, 0) is 18.9 Å². The van der Waals surface area contributed by atoms with Crippen LogP contribution in [0.15, 0.2) is 18.5 Å². The summed E-state index contributed by atoms with van der Waals surface area (Å²) in [4.78, 5) is 15.2. The normalized spacial score (nSPS) is 17.0. The summed E-state index contributed by atoms with van der Waals surface area (Å²) in [6, 6.07) is 1.74. The Labute approximate surface area is 154 Å². The zero-order chi connectivity index (χ0) is 18.3. The second-order valence-electron chi connectivity index (χ2n) is 6.56. The number of aliphatic hydroxyl groups is 1. The molecule has 3 aromatic rings. The number of piperidine rings is 1. The van der Waals surface area contributed by atoms with Gasteiger partial charge in [0.25, 0.3) is 0 Å². The monoisotopic (exact) mass is 374 g/mol. The molecule has 1 aliphatic heterocycles. The third-order valence-corrected chi connectivity index (χ3v) is 5.22. The van der Waals surface area contributed by atoms with Crippen LogP contribution in [0.2, 0.25) is 5.02 Å². The van der Waals surface area contributed by atoms with E-state index in [1.165, 1.54) is 0 Å². The molecule has 26 heavy (non-hydrogen) atoms. The van der Waals surface area contributed by atoms with Gasteiger partial charge in [-0.25, -0.2) is 15.0 Å². The molecule has 1 saturated heterocycles. The predicted octanol–water partition coefficient (Wildman–Crippen LogP) is 0.941. The number of H-pyrrole nitrogens is 1. The lowest BCUT2D eigenvalue weighted by Gasteiger charge is -2.38. The number of anilines is 2. The number of nitrogens with two attached hydrogens (primary N) is 2. The van der Waals surface area contributed by atoms with Gasteiger partial charge in [0, 0.05) is 30.4 Å². The Morgan fingerprint density at radius 2 is 2.08 bits per heavy atom. The highest BCUT2D eigenvalue weighted by Crippen LogP contribution is 2.33. The highest BCUT2D eigenvalue weighted by atomic mass is 35.5. The Kier molecular flexibility index (Phi) is 4.14. The molecular weight excluding hydrogens is 356 g/mol. The zero-order valence-electron chi connectivity index (χ0n) is 14.0. The Morgan fingerprint density at radius 3 is 2.81 bits per heavy atom. The van der Waals surface area contributed by atoms with E-state index in [9.17, 15) is 5.11 Å². The maximum atomic E-state index is 9.39. The van der Waals surface area contributed by atoms with Crippen LogP contribution in [-0.2, 0) is 0 Å². The number of aromatic amines is 1. The van der Waals surface area contributed by atoms with Crippen LogP contribution in [0.1, 0.15) is 12.8 Å². The van der Waals surface area contributed by atoms with Gasteiger partial charge in [-0.15, -0.1) is 0 Å². The first-order chi connectivity index (χ1) is 12.5. The number of pyridine rings is 1. The van der Waals surface area contributed by atoms with Crippen LogP contribution in [0.5, 0.6) is 0 Å². The topological polar surface area (TPSA) is 143 Å². The van der Waals surface area contributed by atoms with Crippen molar-refractivity contribution in [2.75, 3.05) is 30.3 Å². The molecule has 1 fully saturated rings. The molecule has 3 aromatic heterocycles. The van der Waals surface area contributed by atoms with Crippen molar-refractivity contribution < 1.29 is 5.11 Å². The molecular formula is C16H19ClN8O. The number of nitrogen functional groups attached to an aromatic ring is 1. The fourth-order valence-electron chi connectivity index (χ4n) is 3.12. The minimum Gasteiger partial charge on any atom is -0.394 e. The molecule has 136 valence electrons. The van der Waals surface area contributed by atoms with Crippen molar-refractivity contribution in [1.82, 2.24) is 25.1 Å². The molecule has 4 rings (SSSR count). The van der Waals surface area contributed by atoms with Gasteiger partial charge in [-0.1, -0.05) is 11.6 Å². The smallest absolute Gasteiger partial charge is 0.177 e. The SMILES string of the molecule is Nc1nccc(-c2n[nH]c3nc(N4CCC(N)(CO)CC4)cnc23)c1Cl. The molecule has 1 aliphatic rings. The second-order valence-corrected chi connectivity index (χ2v) is 6.94. The van der Waals surface area contributed by atoms with Crippen molar-refractivity contribution >= 4 is 34.4 Å². The van der Waals surface area contributed by atoms with Gasteiger partial charge in [0.1, 0.15) is 22.8 Å². The van der Waals surface area contributed by atoms with E-state index in [0.717, 1.165) is 5.82 Å². The lowest BCUT2D eigenvalue weighted by molar-refractivity contribution is 0.170. The third kappa shape index (κ3) is 2.83. The first kappa shape index (κ1) is 17.0. The van der Waals surface area contributed by atoms with Crippen molar-refractivity contribution in [3.63, 3.8) is 0 Å². The molecule has 0 radical (unpaired) electrons. The summed E-state index contributed by atoms with van der Waals surface area (Å²) >= 11 is 6.25. The minimum absolute atomic E-state index is 0.00865. The van der Waals surface area contributed by atoms with Crippen LogP contribution in [-0.4, -0.2) is 55.5 Å². The quantitative estimate of drug-likeness (QED) is 0.530. The Morgan fingerprint density at radius 1 is 1.31 bits per heavy atom.